The van der Waals surface area contributed by atoms with E-state index in [1.54, 1.807) is 42.5 Å². The number of benzene rings is 1. The number of carboxylic acids is 1. The van der Waals surface area contributed by atoms with Crippen LogP contribution in [-0.2, 0) is 14.6 Å². The quantitative estimate of drug-likeness (QED) is 0.770. The third-order valence-electron chi connectivity index (χ3n) is 2.35. The van der Waals surface area contributed by atoms with Crippen LogP contribution in [0, 0.1) is 0 Å². The van der Waals surface area contributed by atoms with E-state index in [0.717, 1.165) is 0 Å². The monoisotopic (exact) mass is 268 g/mol. The number of allylic oxidation sites excluding steroid dienone is 2. The van der Waals surface area contributed by atoms with Crippen molar-refractivity contribution in [1.82, 2.24) is 0 Å². The summed E-state index contributed by atoms with van der Waals surface area (Å²) in [6.45, 7) is 0. The van der Waals surface area contributed by atoms with E-state index in [2.05, 4.69) is 0 Å². The fraction of sp³-hybridized carbons (Fsp3) is 0.308. The second kappa shape index (κ2) is 6.96. The summed E-state index contributed by atoms with van der Waals surface area (Å²) in [5.41, 5.74) is 0. The molecule has 0 saturated heterocycles. The second-order valence-electron chi connectivity index (χ2n) is 3.82. The van der Waals surface area contributed by atoms with E-state index in [-0.39, 0.29) is 12.2 Å². The topological polar surface area (TPSA) is 71.4 Å². The van der Waals surface area contributed by atoms with Gasteiger partial charge in [-0.3, -0.25) is 4.79 Å². The maximum absolute atomic E-state index is 11.8. The molecule has 0 aliphatic carbocycles. The zero-order valence-corrected chi connectivity index (χ0v) is 10.8. The molecule has 4 nitrogen and oxygen atoms in total. The molecule has 0 bridgehead atoms. The third-order valence-corrected chi connectivity index (χ3v) is 4.11. The lowest BCUT2D eigenvalue weighted by molar-refractivity contribution is -0.136. The minimum atomic E-state index is -3.23. The van der Waals surface area contributed by atoms with Crippen LogP contribution in [-0.4, -0.2) is 25.2 Å². The van der Waals surface area contributed by atoms with Crippen molar-refractivity contribution >= 4 is 15.8 Å². The lowest BCUT2D eigenvalue weighted by Crippen LogP contribution is -2.05. The maximum atomic E-state index is 11.8. The van der Waals surface area contributed by atoms with Crippen LogP contribution in [0.1, 0.15) is 19.3 Å². The normalized spacial score (nSPS) is 11.8. The number of rotatable bonds is 7. The highest BCUT2D eigenvalue weighted by molar-refractivity contribution is 7.91. The summed E-state index contributed by atoms with van der Waals surface area (Å²) in [5, 5.41) is 8.42. The smallest absolute Gasteiger partial charge is 0.303 e. The number of hydrogen-bond acceptors (Lipinski definition) is 3. The molecule has 1 N–H and O–H groups in total. The number of carbonyl (C=O) groups is 1. The van der Waals surface area contributed by atoms with Crippen LogP contribution in [0.5, 0.6) is 0 Å². The Morgan fingerprint density at radius 2 is 1.72 bits per heavy atom. The number of hydrogen-bond donors (Lipinski definition) is 1. The van der Waals surface area contributed by atoms with Crippen molar-refractivity contribution in [2.75, 3.05) is 5.75 Å². The molecule has 0 spiro atoms. The molecule has 0 aromatic heterocycles. The Hall–Kier alpha value is -1.62. The Labute approximate surface area is 107 Å². The van der Waals surface area contributed by atoms with Gasteiger partial charge in [-0.25, -0.2) is 8.42 Å². The van der Waals surface area contributed by atoms with Gasteiger partial charge in [-0.2, -0.15) is 0 Å². The minimum absolute atomic E-state index is 0.0422. The highest BCUT2D eigenvalue weighted by Crippen LogP contribution is 2.11. The summed E-state index contributed by atoms with van der Waals surface area (Å²) < 4.78 is 23.7. The van der Waals surface area contributed by atoms with Crippen LogP contribution < -0.4 is 0 Å². The van der Waals surface area contributed by atoms with Crippen LogP contribution in [0.2, 0.25) is 0 Å². The van der Waals surface area contributed by atoms with Crippen LogP contribution in [0.25, 0.3) is 0 Å². The van der Waals surface area contributed by atoms with Gasteiger partial charge in [0.2, 0.25) is 0 Å². The molecule has 5 heteroatoms. The summed E-state index contributed by atoms with van der Waals surface area (Å²) in [5.74, 6) is -0.808. The predicted molar refractivity (Wildman–Crippen MR) is 69.1 cm³/mol. The molecule has 0 unspecified atom stereocenters. The second-order valence-corrected chi connectivity index (χ2v) is 5.93. The molecule has 0 fully saturated rings. The molecule has 18 heavy (non-hydrogen) atoms. The van der Waals surface area contributed by atoms with Crippen molar-refractivity contribution in [3.8, 4) is 0 Å². The fourth-order valence-corrected chi connectivity index (χ4v) is 2.67. The standard InChI is InChI=1S/C13H16O4S/c14-13(15)10-6-1-2-7-11-18(16,17)12-8-4-3-5-9-12/h1-5,8-9H,6-7,10-11H2,(H,14,15). The fourth-order valence-electron chi connectivity index (χ4n) is 1.41. The van der Waals surface area contributed by atoms with Crippen LogP contribution in [0.3, 0.4) is 0 Å². The van der Waals surface area contributed by atoms with Crippen molar-refractivity contribution in [3.05, 3.63) is 42.5 Å². The van der Waals surface area contributed by atoms with E-state index < -0.39 is 15.8 Å². The summed E-state index contributed by atoms with van der Waals surface area (Å²) in [7, 11) is -3.23. The predicted octanol–water partition coefficient (Wildman–Crippen LogP) is 2.27. The summed E-state index contributed by atoms with van der Waals surface area (Å²) in [6.07, 6.45) is 4.32. The van der Waals surface area contributed by atoms with E-state index in [9.17, 15) is 13.2 Å². The highest BCUT2D eigenvalue weighted by Gasteiger charge is 2.11. The van der Waals surface area contributed by atoms with E-state index in [0.29, 0.717) is 17.7 Å². The van der Waals surface area contributed by atoms with Gasteiger partial charge in [0.05, 0.1) is 10.6 Å². The molecule has 0 aliphatic heterocycles. The highest BCUT2D eigenvalue weighted by atomic mass is 32.2. The molecule has 0 amide bonds. The van der Waals surface area contributed by atoms with Crippen molar-refractivity contribution in [2.24, 2.45) is 0 Å². The first kappa shape index (κ1) is 14.4. The lowest BCUT2D eigenvalue weighted by atomic mass is 10.3. The molecule has 0 aliphatic rings. The molecule has 1 rings (SSSR count). The molecule has 1 aromatic carbocycles. The Morgan fingerprint density at radius 3 is 2.33 bits per heavy atom. The van der Waals surface area contributed by atoms with Gasteiger partial charge in [0.15, 0.2) is 9.84 Å². The number of carboxylic acid groups (broad SMARTS) is 1. The Balaban J connectivity index is 2.42. The van der Waals surface area contributed by atoms with Gasteiger partial charge in [0.25, 0.3) is 0 Å². The van der Waals surface area contributed by atoms with Gasteiger partial charge < -0.3 is 5.11 Å². The van der Waals surface area contributed by atoms with Gasteiger partial charge in [0.1, 0.15) is 0 Å². The molecular formula is C13H16O4S. The summed E-state index contributed by atoms with van der Waals surface area (Å²) in [4.78, 5) is 10.6. The largest absolute Gasteiger partial charge is 0.481 e. The molecular weight excluding hydrogens is 252 g/mol. The number of aliphatic carboxylic acids is 1. The Bertz CT molecular complexity index is 503. The summed E-state index contributed by atoms with van der Waals surface area (Å²) >= 11 is 0. The van der Waals surface area contributed by atoms with Crippen molar-refractivity contribution in [2.45, 2.75) is 24.2 Å². The van der Waals surface area contributed by atoms with Crippen molar-refractivity contribution in [3.63, 3.8) is 0 Å². The van der Waals surface area contributed by atoms with Crippen molar-refractivity contribution in [1.29, 1.82) is 0 Å². The van der Waals surface area contributed by atoms with Gasteiger partial charge >= 0.3 is 5.97 Å². The third kappa shape index (κ3) is 5.14. The zero-order valence-electron chi connectivity index (χ0n) is 9.95. The molecule has 0 heterocycles. The first-order valence-corrected chi connectivity index (χ1v) is 7.32. The van der Waals surface area contributed by atoms with Gasteiger partial charge in [-0.05, 0) is 25.0 Å². The molecule has 0 saturated carbocycles. The summed E-state index contributed by atoms with van der Waals surface area (Å²) in [6, 6.07) is 8.29. The molecule has 1 aromatic rings. The average Bonchev–Trinajstić information content (AvgIpc) is 2.34. The SMILES string of the molecule is O=C(O)CCC=CCCS(=O)(=O)c1ccccc1. The average molecular weight is 268 g/mol. The minimum Gasteiger partial charge on any atom is -0.481 e. The first-order valence-electron chi connectivity index (χ1n) is 5.67. The maximum Gasteiger partial charge on any atom is 0.303 e. The van der Waals surface area contributed by atoms with E-state index in [1.807, 2.05) is 0 Å². The Morgan fingerprint density at radius 1 is 1.11 bits per heavy atom. The molecule has 0 atom stereocenters. The van der Waals surface area contributed by atoms with Gasteiger partial charge in [-0.1, -0.05) is 30.4 Å². The van der Waals surface area contributed by atoms with E-state index in [4.69, 9.17) is 5.11 Å². The lowest BCUT2D eigenvalue weighted by Gasteiger charge is -2.01. The zero-order chi connectivity index (χ0) is 13.4. The van der Waals surface area contributed by atoms with Gasteiger partial charge in [0, 0.05) is 6.42 Å². The van der Waals surface area contributed by atoms with Gasteiger partial charge in [-0.15, -0.1) is 0 Å². The van der Waals surface area contributed by atoms with E-state index >= 15 is 0 Å². The van der Waals surface area contributed by atoms with Crippen LogP contribution in [0.4, 0.5) is 0 Å². The van der Waals surface area contributed by atoms with Crippen molar-refractivity contribution < 1.29 is 18.3 Å². The first-order chi connectivity index (χ1) is 8.52. The molecule has 98 valence electrons. The van der Waals surface area contributed by atoms with Crippen LogP contribution in [0.15, 0.2) is 47.4 Å². The Kier molecular flexibility index (Phi) is 5.58. The molecule has 0 radical (unpaired) electrons. The number of sulfone groups is 1. The van der Waals surface area contributed by atoms with Crippen LogP contribution >= 0.6 is 0 Å². The van der Waals surface area contributed by atoms with E-state index in [1.165, 1.54) is 0 Å².